The number of carbonyl (C=O) groups excluding carboxylic acids is 1. The minimum atomic E-state index is -0.141. The van der Waals surface area contributed by atoms with Gasteiger partial charge in [-0.3, -0.25) is 4.79 Å². The molecule has 2 heteroatoms. The van der Waals surface area contributed by atoms with Gasteiger partial charge in [-0.25, -0.2) is 0 Å². The number of carbonyl (C=O) groups is 1. The van der Waals surface area contributed by atoms with Crippen LogP contribution in [0.3, 0.4) is 0 Å². The van der Waals surface area contributed by atoms with Gasteiger partial charge in [0.1, 0.15) is 6.10 Å². The lowest BCUT2D eigenvalue weighted by Gasteiger charge is -2.14. The monoisotopic (exact) mass is 256 g/mol. The van der Waals surface area contributed by atoms with Crippen molar-refractivity contribution in [3.05, 3.63) is 0 Å². The largest absolute Gasteiger partial charge is 0.463 e. The van der Waals surface area contributed by atoms with Crippen LogP contribution in [-0.2, 0) is 9.53 Å². The van der Waals surface area contributed by atoms with Crippen LogP contribution in [0.25, 0.3) is 0 Å². The summed E-state index contributed by atoms with van der Waals surface area (Å²) in [5.74, 6) is -0.141. The Kier molecular flexibility index (Phi) is 12.5. The molecule has 0 aromatic rings. The Morgan fingerprint density at radius 3 is 1.83 bits per heavy atom. The van der Waals surface area contributed by atoms with E-state index >= 15 is 0 Å². The fourth-order valence-corrected chi connectivity index (χ4v) is 2.26. The molecule has 0 saturated carbocycles. The number of ether oxygens (including phenoxy) is 1. The molecule has 1 atom stereocenters. The van der Waals surface area contributed by atoms with Crippen molar-refractivity contribution < 1.29 is 9.53 Å². The van der Waals surface area contributed by atoms with E-state index in [9.17, 15) is 4.79 Å². The third kappa shape index (κ3) is 11.9. The Bertz CT molecular complexity index is 190. The summed E-state index contributed by atoms with van der Waals surface area (Å²) in [4.78, 5) is 10.9. The van der Waals surface area contributed by atoms with Gasteiger partial charge in [0.15, 0.2) is 0 Å². The molecule has 0 aromatic heterocycles. The summed E-state index contributed by atoms with van der Waals surface area (Å²) in [7, 11) is 0. The Morgan fingerprint density at radius 2 is 1.39 bits per heavy atom. The standard InChI is InChI=1S/C16H32O2/c1-4-6-7-8-9-10-11-12-13-14-16(5-2)18-15(3)17/h16H,4-14H2,1-3H3/t16-/m1/s1. The minimum absolute atomic E-state index is 0.141. The van der Waals surface area contributed by atoms with Gasteiger partial charge >= 0.3 is 5.97 Å². The molecule has 0 aliphatic heterocycles. The van der Waals surface area contributed by atoms with Crippen LogP contribution in [0.1, 0.15) is 91.4 Å². The summed E-state index contributed by atoms with van der Waals surface area (Å²) >= 11 is 0. The summed E-state index contributed by atoms with van der Waals surface area (Å²) in [6.07, 6.45) is 14.2. The molecule has 0 amide bonds. The lowest BCUT2D eigenvalue weighted by Crippen LogP contribution is -2.14. The summed E-state index contributed by atoms with van der Waals surface area (Å²) in [5, 5.41) is 0. The first-order chi connectivity index (χ1) is 8.70. The molecule has 0 heterocycles. The first-order valence-electron chi connectivity index (χ1n) is 7.87. The molecule has 0 aliphatic carbocycles. The lowest BCUT2D eigenvalue weighted by molar-refractivity contribution is -0.146. The quantitative estimate of drug-likeness (QED) is 0.352. The molecule has 2 nitrogen and oxygen atoms in total. The van der Waals surface area contributed by atoms with Gasteiger partial charge < -0.3 is 4.74 Å². The molecule has 0 unspecified atom stereocenters. The van der Waals surface area contributed by atoms with Gasteiger partial charge in [0.2, 0.25) is 0 Å². The fraction of sp³-hybridized carbons (Fsp3) is 0.938. The van der Waals surface area contributed by atoms with E-state index in [0.29, 0.717) is 0 Å². The van der Waals surface area contributed by atoms with Crippen LogP contribution in [0.2, 0.25) is 0 Å². The van der Waals surface area contributed by atoms with E-state index in [-0.39, 0.29) is 12.1 Å². The van der Waals surface area contributed by atoms with Crippen molar-refractivity contribution in [2.24, 2.45) is 0 Å². The topological polar surface area (TPSA) is 26.3 Å². The molecule has 0 aromatic carbocycles. The molecule has 0 rings (SSSR count). The zero-order valence-corrected chi connectivity index (χ0v) is 12.7. The highest BCUT2D eigenvalue weighted by Gasteiger charge is 2.08. The highest BCUT2D eigenvalue weighted by Crippen LogP contribution is 2.13. The number of hydrogen-bond acceptors (Lipinski definition) is 2. The third-order valence-electron chi connectivity index (χ3n) is 3.42. The second-order valence-corrected chi connectivity index (χ2v) is 5.26. The van der Waals surface area contributed by atoms with E-state index in [0.717, 1.165) is 12.8 Å². The maximum Gasteiger partial charge on any atom is 0.302 e. The molecule has 0 saturated heterocycles. The lowest BCUT2D eigenvalue weighted by atomic mass is 10.0. The molecule has 0 spiro atoms. The van der Waals surface area contributed by atoms with Gasteiger partial charge in [-0.15, -0.1) is 0 Å². The highest BCUT2D eigenvalue weighted by molar-refractivity contribution is 5.66. The van der Waals surface area contributed by atoms with Crippen LogP contribution in [0.5, 0.6) is 0 Å². The summed E-state index contributed by atoms with van der Waals surface area (Å²) in [6.45, 7) is 5.84. The van der Waals surface area contributed by atoms with Gasteiger partial charge in [-0.1, -0.05) is 65.2 Å². The number of unbranched alkanes of at least 4 members (excludes halogenated alkanes) is 8. The van der Waals surface area contributed by atoms with Gasteiger partial charge in [0.25, 0.3) is 0 Å². The zero-order valence-electron chi connectivity index (χ0n) is 12.7. The number of esters is 1. The number of hydrogen-bond donors (Lipinski definition) is 0. The van der Waals surface area contributed by atoms with Crippen molar-refractivity contribution in [3.8, 4) is 0 Å². The summed E-state index contributed by atoms with van der Waals surface area (Å²) < 4.78 is 5.23. The van der Waals surface area contributed by atoms with Crippen molar-refractivity contribution in [1.82, 2.24) is 0 Å². The van der Waals surface area contributed by atoms with Crippen LogP contribution in [-0.4, -0.2) is 12.1 Å². The van der Waals surface area contributed by atoms with E-state index in [2.05, 4.69) is 13.8 Å². The molecule has 0 N–H and O–H groups in total. The average Bonchev–Trinajstić information content (AvgIpc) is 2.35. The van der Waals surface area contributed by atoms with Crippen LogP contribution < -0.4 is 0 Å². The molecule has 0 radical (unpaired) electrons. The maximum atomic E-state index is 10.9. The van der Waals surface area contributed by atoms with E-state index in [4.69, 9.17) is 4.74 Å². The SMILES string of the molecule is CCCCCCCCCCC[C@@H](CC)OC(C)=O. The third-order valence-corrected chi connectivity index (χ3v) is 3.42. The summed E-state index contributed by atoms with van der Waals surface area (Å²) in [5.41, 5.74) is 0. The van der Waals surface area contributed by atoms with Crippen molar-refractivity contribution in [2.45, 2.75) is 97.5 Å². The zero-order chi connectivity index (χ0) is 13.6. The Labute approximate surface area is 113 Å². The second kappa shape index (κ2) is 12.9. The van der Waals surface area contributed by atoms with Crippen molar-refractivity contribution >= 4 is 5.97 Å². The van der Waals surface area contributed by atoms with E-state index < -0.39 is 0 Å². The van der Waals surface area contributed by atoms with Gasteiger partial charge in [-0.05, 0) is 19.3 Å². The van der Waals surface area contributed by atoms with Crippen LogP contribution in [0, 0.1) is 0 Å². The predicted molar refractivity (Wildman–Crippen MR) is 77.7 cm³/mol. The van der Waals surface area contributed by atoms with Crippen LogP contribution >= 0.6 is 0 Å². The number of rotatable bonds is 12. The molecule has 0 bridgehead atoms. The van der Waals surface area contributed by atoms with Crippen LogP contribution in [0.4, 0.5) is 0 Å². The van der Waals surface area contributed by atoms with Crippen molar-refractivity contribution in [1.29, 1.82) is 0 Å². The molecular formula is C16H32O2. The van der Waals surface area contributed by atoms with Crippen LogP contribution in [0.15, 0.2) is 0 Å². The first kappa shape index (κ1) is 17.5. The van der Waals surface area contributed by atoms with E-state index in [1.54, 1.807) is 0 Å². The molecule has 18 heavy (non-hydrogen) atoms. The Hall–Kier alpha value is -0.530. The molecule has 0 fully saturated rings. The first-order valence-corrected chi connectivity index (χ1v) is 7.87. The average molecular weight is 256 g/mol. The van der Waals surface area contributed by atoms with Gasteiger partial charge in [-0.2, -0.15) is 0 Å². The smallest absolute Gasteiger partial charge is 0.302 e. The van der Waals surface area contributed by atoms with E-state index in [1.165, 1.54) is 64.7 Å². The molecule has 0 aliphatic rings. The fourth-order valence-electron chi connectivity index (χ4n) is 2.26. The van der Waals surface area contributed by atoms with Crippen molar-refractivity contribution in [2.75, 3.05) is 0 Å². The molecule has 108 valence electrons. The second-order valence-electron chi connectivity index (χ2n) is 5.26. The Balaban J connectivity index is 3.25. The predicted octanol–water partition coefficient (Wildman–Crippen LogP) is 5.25. The minimum Gasteiger partial charge on any atom is -0.463 e. The van der Waals surface area contributed by atoms with E-state index in [1.807, 2.05) is 0 Å². The molecular weight excluding hydrogens is 224 g/mol. The highest BCUT2D eigenvalue weighted by atomic mass is 16.5. The maximum absolute atomic E-state index is 10.9. The Morgan fingerprint density at radius 1 is 0.889 bits per heavy atom. The van der Waals surface area contributed by atoms with Gasteiger partial charge in [0.05, 0.1) is 0 Å². The van der Waals surface area contributed by atoms with Gasteiger partial charge in [0, 0.05) is 6.92 Å². The summed E-state index contributed by atoms with van der Waals surface area (Å²) in [6, 6.07) is 0. The normalized spacial score (nSPS) is 12.4. The van der Waals surface area contributed by atoms with Crippen molar-refractivity contribution in [3.63, 3.8) is 0 Å².